The molecule has 0 nitrogen and oxygen atoms in total. The van der Waals surface area contributed by atoms with Crippen molar-refractivity contribution in [2.24, 2.45) is 0 Å². The largest absolute Gasteiger partial charge is 0.205 e. The van der Waals surface area contributed by atoms with E-state index in [-0.39, 0.29) is 26.5 Å². The first-order chi connectivity index (χ1) is 5.84. The van der Waals surface area contributed by atoms with Gasteiger partial charge in [-0.3, -0.25) is 0 Å². The summed E-state index contributed by atoms with van der Waals surface area (Å²) in [4.78, 5) is 1.48. The molecule has 1 rings (SSSR count). The standard InChI is InChI=1S/C12H19S.W/c1-8(2)11-10(12(4,5)6)9(3)7-13-11;/h7H,1-6H3;/q-1;. The Bertz CT molecular complexity index is 292. The van der Waals surface area contributed by atoms with Gasteiger partial charge in [-0.2, -0.15) is 16.9 Å². The number of hydrogen-bond donors (Lipinski definition) is 0. The van der Waals surface area contributed by atoms with Gasteiger partial charge in [0.15, 0.2) is 0 Å². The van der Waals surface area contributed by atoms with E-state index in [9.17, 15) is 0 Å². The molecule has 0 fully saturated rings. The van der Waals surface area contributed by atoms with Crippen molar-refractivity contribution in [3.8, 4) is 0 Å². The minimum absolute atomic E-state index is 0. The molecule has 1 aromatic rings. The van der Waals surface area contributed by atoms with Gasteiger partial charge in [0.25, 0.3) is 0 Å². The molecule has 0 aliphatic rings. The van der Waals surface area contributed by atoms with Gasteiger partial charge in [0.1, 0.15) is 0 Å². The molecule has 0 unspecified atom stereocenters. The van der Waals surface area contributed by atoms with Gasteiger partial charge in [0.05, 0.1) is 0 Å². The maximum atomic E-state index is 2.29. The summed E-state index contributed by atoms with van der Waals surface area (Å²) in [6.45, 7) is 13.5. The van der Waals surface area contributed by atoms with Gasteiger partial charge in [-0.05, 0) is 5.38 Å². The summed E-state index contributed by atoms with van der Waals surface area (Å²) < 4.78 is 0. The zero-order valence-corrected chi connectivity index (χ0v) is 13.6. The van der Waals surface area contributed by atoms with Crippen LogP contribution in [-0.2, 0) is 26.5 Å². The molecule has 1 aromatic heterocycles. The molecule has 0 aromatic carbocycles. The van der Waals surface area contributed by atoms with Crippen LogP contribution in [0.15, 0.2) is 5.38 Å². The van der Waals surface area contributed by atoms with E-state index in [1.807, 2.05) is 11.3 Å². The molecule has 0 N–H and O–H groups in total. The van der Waals surface area contributed by atoms with Crippen LogP contribution in [0.5, 0.6) is 0 Å². The molecule has 0 spiro atoms. The Kier molecular flexibility index (Phi) is 4.94. The third-order valence-electron chi connectivity index (χ3n) is 2.18. The van der Waals surface area contributed by atoms with E-state index in [1.54, 1.807) is 0 Å². The fourth-order valence-electron chi connectivity index (χ4n) is 1.74. The van der Waals surface area contributed by atoms with E-state index in [0.29, 0.717) is 0 Å². The van der Waals surface area contributed by atoms with Crippen LogP contribution in [0.25, 0.3) is 0 Å². The molecule has 0 atom stereocenters. The van der Waals surface area contributed by atoms with E-state index >= 15 is 0 Å². The number of hydrogen-bond acceptors (Lipinski definition) is 1. The van der Waals surface area contributed by atoms with E-state index in [4.69, 9.17) is 0 Å². The van der Waals surface area contributed by atoms with Gasteiger partial charge >= 0.3 is 0 Å². The van der Waals surface area contributed by atoms with Crippen LogP contribution < -0.4 is 0 Å². The van der Waals surface area contributed by atoms with E-state index < -0.39 is 0 Å². The molecule has 0 saturated carbocycles. The van der Waals surface area contributed by atoms with E-state index in [1.165, 1.54) is 21.9 Å². The summed E-state index contributed by atoms with van der Waals surface area (Å²) in [5.41, 5.74) is 3.24. The second kappa shape index (κ2) is 4.85. The maximum absolute atomic E-state index is 2.29. The third-order valence-corrected chi connectivity index (χ3v) is 3.50. The van der Waals surface area contributed by atoms with Crippen LogP contribution in [0.4, 0.5) is 0 Å². The molecule has 0 radical (unpaired) electrons. The molecular formula is C12H19SW-. The summed E-state index contributed by atoms with van der Waals surface area (Å²) in [5, 5.41) is 2.27. The Labute approximate surface area is 106 Å². The predicted octanol–water partition coefficient (Wildman–Crippen LogP) is 4.31. The minimum Gasteiger partial charge on any atom is -0.205 e. The van der Waals surface area contributed by atoms with Crippen molar-refractivity contribution in [2.75, 3.05) is 0 Å². The van der Waals surface area contributed by atoms with Crippen molar-refractivity contribution in [1.29, 1.82) is 0 Å². The summed E-state index contributed by atoms with van der Waals surface area (Å²) in [5.74, 6) is 1.43. The Morgan fingerprint density at radius 1 is 1.21 bits per heavy atom. The molecule has 1 heterocycles. The van der Waals surface area contributed by atoms with E-state index in [0.717, 1.165) is 0 Å². The SMILES string of the molecule is Cc1csc([C-](C)C)c1C(C)(C)C.[W]. The molecule has 0 saturated heterocycles. The Morgan fingerprint density at radius 3 is 2.00 bits per heavy atom. The average Bonchev–Trinajstić information content (AvgIpc) is 2.28. The van der Waals surface area contributed by atoms with Gasteiger partial charge in [-0.15, -0.1) is 24.3 Å². The fraction of sp³-hybridized carbons (Fsp3) is 0.583. The second-order valence-electron chi connectivity index (χ2n) is 4.87. The molecule has 80 valence electrons. The topological polar surface area (TPSA) is 0 Å². The van der Waals surface area contributed by atoms with Crippen molar-refractivity contribution in [2.45, 2.75) is 47.0 Å². The first-order valence-corrected chi connectivity index (χ1v) is 5.61. The molecule has 0 bridgehead atoms. The van der Waals surface area contributed by atoms with E-state index in [2.05, 4.69) is 46.9 Å². The Morgan fingerprint density at radius 2 is 1.71 bits per heavy atom. The van der Waals surface area contributed by atoms with Crippen molar-refractivity contribution in [3.63, 3.8) is 0 Å². The third kappa shape index (κ3) is 2.87. The van der Waals surface area contributed by atoms with Crippen LogP contribution in [0.3, 0.4) is 0 Å². The fourth-order valence-corrected chi connectivity index (χ4v) is 2.98. The molecule has 0 aliphatic heterocycles. The number of thiophene rings is 1. The molecule has 2 heteroatoms. The summed E-state index contributed by atoms with van der Waals surface area (Å²) in [6.07, 6.45) is 0. The predicted molar refractivity (Wildman–Crippen MR) is 61.4 cm³/mol. The van der Waals surface area contributed by atoms with Crippen LogP contribution >= 0.6 is 11.3 Å². The minimum atomic E-state index is 0. The molecular weight excluding hydrogens is 360 g/mol. The van der Waals surface area contributed by atoms with Gasteiger partial charge in [0, 0.05) is 21.1 Å². The zero-order chi connectivity index (χ0) is 10.2. The number of aryl methyl sites for hydroxylation is 1. The molecule has 0 aliphatic carbocycles. The first kappa shape index (κ1) is 14.3. The van der Waals surface area contributed by atoms with Crippen molar-refractivity contribution >= 4 is 11.3 Å². The van der Waals surface area contributed by atoms with Gasteiger partial charge < -0.3 is 0 Å². The normalized spacial score (nSPS) is 11.0. The average molecular weight is 379 g/mol. The first-order valence-electron chi connectivity index (χ1n) is 4.73. The smallest absolute Gasteiger partial charge is 0 e. The summed E-state index contributed by atoms with van der Waals surface area (Å²) in [6, 6.07) is 0. The van der Waals surface area contributed by atoms with Gasteiger partial charge in [0.2, 0.25) is 0 Å². The van der Waals surface area contributed by atoms with Crippen LogP contribution in [0, 0.1) is 12.8 Å². The second-order valence-corrected chi connectivity index (χ2v) is 5.75. The van der Waals surface area contributed by atoms with Crippen molar-refractivity contribution < 1.29 is 21.1 Å². The number of rotatable bonds is 1. The van der Waals surface area contributed by atoms with Crippen LogP contribution in [0.1, 0.15) is 50.6 Å². The van der Waals surface area contributed by atoms with Gasteiger partial charge in [-0.25, -0.2) is 5.92 Å². The van der Waals surface area contributed by atoms with Crippen LogP contribution in [-0.4, -0.2) is 0 Å². The van der Waals surface area contributed by atoms with Crippen molar-refractivity contribution in [3.05, 3.63) is 27.3 Å². The Balaban J connectivity index is 0.00000169. The zero-order valence-electron chi connectivity index (χ0n) is 9.89. The summed E-state index contributed by atoms with van der Waals surface area (Å²) >= 11 is 1.87. The van der Waals surface area contributed by atoms with Crippen LogP contribution in [0.2, 0.25) is 0 Å². The summed E-state index contributed by atoms with van der Waals surface area (Å²) in [7, 11) is 0. The molecule has 0 amide bonds. The van der Waals surface area contributed by atoms with Crippen molar-refractivity contribution in [1.82, 2.24) is 0 Å². The monoisotopic (exact) mass is 379 g/mol. The molecule has 14 heavy (non-hydrogen) atoms. The maximum Gasteiger partial charge on any atom is 0 e. The Hall–Kier alpha value is 0.258. The van der Waals surface area contributed by atoms with Gasteiger partial charge in [-0.1, -0.05) is 33.1 Å². The quantitative estimate of drug-likeness (QED) is 0.638.